The first-order valence-electron chi connectivity index (χ1n) is 5.67. The lowest BCUT2D eigenvalue weighted by Gasteiger charge is -2.10. The van der Waals surface area contributed by atoms with Gasteiger partial charge >= 0.3 is 0 Å². The highest BCUT2D eigenvalue weighted by molar-refractivity contribution is 7.72. The fraction of sp³-hybridized carbons (Fsp3) is 0. The van der Waals surface area contributed by atoms with Gasteiger partial charge in [0, 0.05) is 10.4 Å². The van der Waals surface area contributed by atoms with Gasteiger partial charge in [-0.2, -0.15) is 0 Å². The van der Waals surface area contributed by atoms with Crippen LogP contribution >= 0.6 is 36.0 Å². The topological polar surface area (TPSA) is 20.7 Å². The third-order valence-electron chi connectivity index (χ3n) is 2.87. The first-order valence-corrected chi connectivity index (χ1v) is 6.86. The van der Waals surface area contributed by atoms with Gasteiger partial charge in [0.15, 0.2) is 4.77 Å². The van der Waals surface area contributed by atoms with Crippen molar-refractivity contribution in [2.75, 3.05) is 0 Å². The summed E-state index contributed by atoms with van der Waals surface area (Å²) in [5.41, 5.74) is 1.81. The fourth-order valence-electron chi connectivity index (χ4n) is 2.01. The normalized spacial score (nSPS) is 10.8. The number of para-hydroxylation sites is 1. The number of aromatic amines is 1. The predicted octanol–water partition coefficient (Wildman–Crippen LogP) is 5.07. The number of rotatable bonds is 1. The van der Waals surface area contributed by atoms with Crippen molar-refractivity contribution in [3.63, 3.8) is 0 Å². The largest absolute Gasteiger partial charge is 0.331 e. The van der Waals surface area contributed by atoms with E-state index in [0.717, 1.165) is 16.6 Å². The van der Waals surface area contributed by atoms with Crippen LogP contribution < -0.4 is 0 Å². The minimum Gasteiger partial charge on any atom is -0.331 e. The van der Waals surface area contributed by atoms with Crippen molar-refractivity contribution >= 4 is 46.9 Å². The van der Waals surface area contributed by atoms with E-state index in [9.17, 15) is 0 Å². The molecule has 0 fully saturated rings. The summed E-state index contributed by atoms with van der Waals surface area (Å²) in [7, 11) is 0. The highest BCUT2D eigenvalue weighted by atomic mass is 35.5. The van der Waals surface area contributed by atoms with E-state index < -0.39 is 0 Å². The molecule has 0 aliphatic carbocycles. The Balaban J connectivity index is 2.42. The summed E-state index contributed by atoms with van der Waals surface area (Å²) in [6.07, 6.45) is 0. The van der Waals surface area contributed by atoms with Gasteiger partial charge in [0.1, 0.15) is 4.64 Å². The van der Waals surface area contributed by atoms with Crippen LogP contribution in [-0.2, 0) is 0 Å². The lowest BCUT2D eigenvalue weighted by atomic mass is 10.2. The second-order valence-electron chi connectivity index (χ2n) is 4.10. The molecule has 0 amide bonds. The molecule has 0 aliphatic rings. The van der Waals surface area contributed by atoms with Crippen molar-refractivity contribution in [2.24, 2.45) is 0 Å². The number of fused-ring (bicyclic) bond motifs is 1. The summed E-state index contributed by atoms with van der Waals surface area (Å²) in [5, 5.41) is 1.62. The summed E-state index contributed by atoms with van der Waals surface area (Å²) in [6, 6.07) is 15.3. The monoisotopic (exact) mass is 304 g/mol. The average Bonchev–Trinajstić information content (AvgIpc) is 2.39. The van der Waals surface area contributed by atoms with Crippen molar-refractivity contribution in [3.05, 3.63) is 63.0 Å². The Morgan fingerprint density at radius 2 is 1.79 bits per heavy atom. The molecule has 2 nitrogen and oxygen atoms in total. The highest BCUT2D eigenvalue weighted by Crippen LogP contribution is 2.19. The molecule has 5 heteroatoms. The van der Waals surface area contributed by atoms with Crippen molar-refractivity contribution in [1.82, 2.24) is 9.55 Å². The molecule has 0 saturated carbocycles. The molecule has 3 rings (SSSR count). The quantitative estimate of drug-likeness (QED) is 0.633. The van der Waals surface area contributed by atoms with E-state index in [1.165, 1.54) is 0 Å². The first-order chi connectivity index (χ1) is 9.16. The maximum absolute atomic E-state index is 6.03. The van der Waals surface area contributed by atoms with Gasteiger partial charge in [-0.25, -0.2) is 0 Å². The average molecular weight is 305 g/mol. The van der Waals surface area contributed by atoms with E-state index >= 15 is 0 Å². The Labute approximate surface area is 125 Å². The molecule has 0 saturated heterocycles. The van der Waals surface area contributed by atoms with Gasteiger partial charge in [-0.1, -0.05) is 42.0 Å². The number of nitrogens with zero attached hydrogens (tertiary/aromatic N) is 1. The van der Waals surface area contributed by atoms with E-state index in [1.807, 2.05) is 53.1 Å². The summed E-state index contributed by atoms with van der Waals surface area (Å²) in [6.45, 7) is 0. The summed E-state index contributed by atoms with van der Waals surface area (Å²) in [5.74, 6) is 0. The third-order valence-corrected chi connectivity index (χ3v) is 3.79. The zero-order chi connectivity index (χ0) is 13.4. The van der Waals surface area contributed by atoms with E-state index in [2.05, 4.69) is 4.98 Å². The smallest absolute Gasteiger partial charge is 0.183 e. The van der Waals surface area contributed by atoms with E-state index in [1.54, 1.807) is 0 Å². The number of nitrogens with one attached hydrogen (secondary N) is 1. The molecule has 0 spiro atoms. The van der Waals surface area contributed by atoms with Crippen LogP contribution in [0.4, 0.5) is 0 Å². The van der Waals surface area contributed by atoms with Gasteiger partial charge in [0.25, 0.3) is 0 Å². The molecule has 1 N–H and O–H groups in total. The summed E-state index contributed by atoms with van der Waals surface area (Å²) >= 11 is 17.0. The fourth-order valence-corrected chi connectivity index (χ4v) is 2.94. The Hall–Kier alpha value is -1.49. The number of hydrogen-bond donors (Lipinski definition) is 1. The van der Waals surface area contributed by atoms with Gasteiger partial charge < -0.3 is 4.98 Å². The van der Waals surface area contributed by atoms with Crippen LogP contribution in [0.2, 0.25) is 5.02 Å². The van der Waals surface area contributed by atoms with Gasteiger partial charge in [0.05, 0.1) is 11.2 Å². The zero-order valence-corrected chi connectivity index (χ0v) is 12.1. The number of halogens is 1. The van der Waals surface area contributed by atoms with Crippen LogP contribution in [0.1, 0.15) is 0 Å². The number of hydrogen-bond acceptors (Lipinski definition) is 2. The Morgan fingerprint density at radius 1 is 1.00 bits per heavy atom. The second kappa shape index (κ2) is 4.89. The molecule has 1 aromatic heterocycles. The molecule has 0 unspecified atom stereocenters. The molecular formula is C14H9ClN2S2. The maximum Gasteiger partial charge on any atom is 0.183 e. The summed E-state index contributed by atoms with van der Waals surface area (Å²) < 4.78 is 3.06. The van der Waals surface area contributed by atoms with Gasteiger partial charge in [-0.3, -0.25) is 4.57 Å². The van der Waals surface area contributed by atoms with Crippen molar-refractivity contribution in [3.8, 4) is 5.69 Å². The van der Waals surface area contributed by atoms with Gasteiger partial charge in [-0.05, 0) is 42.5 Å². The lowest BCUT2D eigenvalue weighted by Crippen LogP contribution is -2.01. The van der Waals surface area contributed by atoms with E-state index in [4.69, 9.17) is 36.0 Å². The summed E-state index contributed by atoms with van der Waals surface area (Å²) in [4.78, 5) is 3.19. The van der Waals surface area contributed by atoms with Gasteiger partial charge in [-0.15, -0.1) is 0 Å². The molecule has 0 atom stereocenters. The second-order valence-corrected chi connectivity index (χ2v) is 5.31. The maximum atomic E-state index is 6.03. The van der Waals surface area contributed by atoms with E-state index in [-0.39, 0.29) is 0 Å². The number of aromatic nitrogens is 2. The molecule has 2 aromatic carbocycles. The van der Waals surface area contributed by atoms with Crippen LogP contribution in [0.5, 0.6) is 0 Å². The van der Waals surface area contributed by atoms with Gasteiger partial charge in [0.2, 0.25) is 0 Å². The van der Waals surface area contributed by atoms with Crippen molar-refractivity contribution < 1.29 is 0 Å². The standard InChI is InChI=1S/C14H9ClN2S2/c15-9-4-3-5-10(8-9)17-13(18)11-6-1-2-7-12(11)16-14(17)19/h1-8H,(H,16,19). The zero-order valence-electron chi connectivity index (χ0n) is 9.76. The van der Waals surface area contributed by atoms with Crippen LogP contribution in [0.15, 0.2) is 48.5 Å². The molecular weight excluding hydrogens is 296 g/mol. The van der Waals surface area contributed by atoms with Crippen LogP contribution in [-0.4, -0.2) is 9.55 Å². The molecule has 1 heterocycles. The predicted molar refractivity (Wildman–Crippen MR) is 84.3 cm³/mol. The van der Waals surface area contributed by atoms with Crippen molar-refractivity contribution in [1.29, 1.82) is 0 Å². The molecule has 3 aromatic rings. The Morgan fingerprint density at radius 3 is 2.58 bits per heavy atom. The SMILES string of the molecule is S=c1[nH]c2ccccc2c(=S)n1-c1cccc(Cl)c1. The number of benzene rings is 2. The third kappa shape index (κ3) is 2.23. The van der Waals surface area contributed by atoms with Crippen LogP contribution in [0.3, 0.4) is 0 Å². The minimum atomic E-state index is 0.561. The molecule has 94 valence electrons. The van der Waals surface area contributed by atoms with E-state index in [0.29, 0.717) is 14.4 Å². The Bertz CT molecular complexity index is 880. The minimum absolute atomic E-state index is 0.561. The van der Waals surface area contributed by atoms with Crippen molar-refractivity contribution in [2.45, 2.75) is 0 Å². The first kappa shape index (κ1) is 12.5. The number of H-pyrrole nitrogens is 1. The van der Waals surface area contributed by atoms with Crippen LogP contribution in [0.25, 0.3) is 16.6 Å². The molecule has 0 aliphatic heterocycles. The molecule has 0 radical (unpaired) electrons. The molecule has 19 heavy (non-hydrogen) atoms. The Kier molecular flexibility index (Phi) is 3.22. The van der Waals surface area contributed by atoms with Crippen LogP contribution in [0, 0.1) is 9.41 Å². The molecule has 0 bridgehead atoms. The lowest BCUT2D eigenvalue weighted by molar-refractivity contribution is 0.967. The highest BCUT2D eigenvalue weighted by Gasteiger charge is 2.04.